The largest absolute Gasteiger partial charge is 0.497 e. The maximum Gasteiger partial charge on any atom is 0.258 e. The van der Waals surface area contributed by atoms with Crippen LogP contribution >= 0.6 is 0 Å². The van der Waals surface area contributed by atoms with Gasteiger partial charge < -0.3 is 13.9 Å². The van der Waals surface area contributed by atoms with Crippen molar-refractivity contribution in [3.05, 3.63) is 93.9 Å². The summed E-state index contributed by atoms with van der Waals surface area (Å²) < 4.78 is 18.0. The van der Waals surface area contributed by atoms with Gasteiger partial charge in [-0.25, -0.2) is 4.98 Å². The second kappa shape index (κ2) is 9.06. The Morgan fingerprint density at radius 3 is 2.65 bits per heavy atom. The van der Waals surface area contributed by atoms with Gasteiger partial charge in [0.15, 0.2) is 0 Å². The first-order valence-corrected chi connectivity index (χ1v) is 10.0. The monoisotopic (exact) mass is 419 g/mol. The second-order valence-corrected chi connectivity index (χ2v) is 7.42. The van der Waals surface area contributed by atoms with Gasteiger partial charge in [-0.05, 0) is 42.8 Å². The average molecular weight is 419 g/mol. The number of fused-ring (bicyclic) bond motifs is 1. The molecule has 160 valence electrons. The smallest absolute Gasteiger partial charge is 0.258 e. The van der Waals surface area contributed by atoms with Crippen LogP contribution in [0.4, 0.5) is 0 Å². The van der Waals surface area contributed by atoms with E-state index in [1.807, 2.05) is 49.4 Å². The van der Waals surface area contributed by atoms with E-state index in [-0.39, 0.29) is 5.56 Å². The van der Waals surface area contributed by atoms with Crippen molar-refractivity contribution in [1.82, 2.24) is 14.3 Å². The first-order valence-electron chi connectivity index (χ1n) is 10.0. The highest BCUT2D eigenvalue weighted by molar-refractivity contribution is 5.42. The molecule has 0 fully saturated rings. The van der Waals surface area contributed by atoms with Crippen LogP contribution in [0, 0.1) is 6.92 Å². The van der Waals surface area contributed by atoms with Crippen LogP contribution in [-0.2, 0) is 19.6 Å². The summed E-state index contributed by atoms with van der Waals surface area (Å²) in [7, 11) is 3.27. The molecule has 0 bridgehead atoms. The van der Waals surface area contributed by atoms with Crippen molar-refractivity contribution in [2.24, 2.45) is 0 Å². The molecule has 0 radical (unpaired) electrons. The number of hydrogen-bond acceptors (Lipinski definition) is 6. The number of hydrogen-bond donors (Lipinski definition) is 0. The summed E-state index contributed by atoms with van der Waals surface area (Å²) >= 11 is 0. The molecule has 0 amide bonds. The zero-order chi connectivity index (χ0) is 21.8. The van der Waals surface area contributed by atoms with Crippen LogP contribution in [0.2, 0.25) is 0 Å². The van der Waals surface area contributed by atoms with Crippen molar-refractivity contribution in [1.29, 1.82) is 0 Å². The molecular weight excluding hydrogens is 394 g/mol. The lowest BCUT2D eigenvalue weighted by Gasteiger charge is -2.22. The molecule has 31 heavy (non-hydrogen) atoms. The van der Waals surface area contributed by atoms with Crippen molar-refractivity contribution in [2.75, 3.05) is 14.2 Å². The van der Waals surface area contributed by atoms with Gasteiger partial charge in [-0.2, -0.15) is 0 Å². The van der Waals surface area contributed by atoms with Crippen LogP contribution in [0.1, 0.15) is 22.6 Å². The van der Waals surface area contributed by atoms with Gasteiger partial charge in [0, 0.05) is 37.0 Å². The van der Waals surface area contributed by atoms with E-state index in [1.54, 1.807) is 37.1 Å². The Kier molecular flexibility index (Phi) is 6.04. The third-order valence-corrected chi connectivity index (χ3v) is 5.11. The molecular formula is C24H25N3O4. The predicted octanol–water partition coefficient (Wildman–Crippen LogP) is 3.82. The molecule has 4 aromatic rings. The van der Waals surface area contributed by atoms with Crippen LogP contribution in [0.3, 0.4) is 0 Å². The Morgan fingerprint density at radius 1 is 1.03 bits per heavy atom. The molecule has 7 heteroatoms. The van der Waals surface area contributed by atoms with Gasteiger partial charge in [0.05, 0.1) is 32.7 Å². The molecule has 0 aliphatic rings. The van der Waals surface area contributed by atoms with Gasteiger partial charge in [0.2, 0.25) is 0 Å². The highest BCUT2D eigenvalue weighted by Gasteiger charge is 2.15. The Bertz CT molecular complexity index is 1230. The highest BCUT2D eigenvalue weighted by Crippen LogP contribution is 2.26. The molecule has 0 saturated heterocycles. The number of nitrogens with zero attached hydrogens (tertiary/aromatic N) is 3. The quantitative estimate of drug-likeness (QED) is 0.433. The van der Waals surface area contributed by atoms with Gasteiger partial charge in [-0.3, -0.25) is 14.1 Å². The van der Waals surface area contributed by atoms with Gasteiger partial charge in [-0.15, -0.1) is 0 Å². The molecule has 0 spiro atoms. The SMILES string of the molecule is COc1ccc(CN(Cc2cc(=O)n3ccc(C)cc3n2)Cc2ccco2)c(OC)c1. The first kappa shape index (κ1) is 20.7. The maximum absolute atomic E-state index is 12.6. The van der Waals surface area contributed by atoms with Gasteiger partial charge >= 0.3 is 0 Å². The van der Waals surface area contributed by atoms with Crippen molar-refractivity contribution >= 4 is 5.65 Å². The average Bonchev–Trinajstić information content (AvgIpc) is 3.26. The van der Waals surface area contributed by atoms with Crippen molar-refractivity contribution < 1.29 is 13.9 Å². The minimum Gasteiger partial charge on any atom is -0.497 e. The summed E-state index contributed by atoms with van der Waals surface area (Å²) in [5, 5.41) is 0. The lowest BCUT2D eigenvalue weighted by Crippen LogP contribution is -2.25. The lowest BCUT2D eigenvalue weighted by molar-refractivity contribution is 0.221. The molecule has 0 aliphatic heterocycles. The van der Waals surface area contributed by atoms with Crippen LogP contribution < -0.4 is 15.0 Å². The molecule has 3 heterocycles. The molecule has 1 aromatic carbocycles. The molecule has 0 aliphatic carbocycles. The summed E-state index contributed by atoms with van der Waals surface area (Å²) in [6, 6.07) is 15.0. The van der Waals surface area contributed by atoms with E-state index in [9.17, 15) is 4.79 Å². The number of methoxy groups -OCH3 is 2. The molecule has 4 rings (SSSR count). The molecule has 3 aromatic heterocycles. The fourth-order valence-electron chi connectivity index (χ4n) is 3.58. The lowest BCUT2D eigenvalue weighted by atomic mass is 10.1. The summed E-state index contributed by atoms with van der Waals surface area (Å²) in [5.41, 5.74) is 3.31. The number of aryl methyl sites for hydroxylation is 1. The summed E-state index contributed by atoms with van der Waals surface area (Å²) in [6.07, 6.45) is 3.41. The highest BCUT2D eigenvalue weighted by atomic mass is 16.5. The Morgan fingerprint density at radius 2 is 1.90 bits per heavy atom. The van der Waals surface area contributed by atoms with Crippen LogP contribution in [0.15, 0.2) is 70.2 Å². The normalized spacial score (nSPS) is 11.2. The molecule has 0 saturated carbocycles. The fraction of sp³-hybridized carbons (Fsp3) is 0.250. The summed E-state index contributed by atoms with van der Waals surface area (Å²) in [4.78, 5) is 19.5. The number of ether oxygens (including phenoxy) is 2. The van der Waals surface area contributed by atoms with Crippen molar-refractivity contribution in [3.8, 4) is 11.5 Å². The number of rotatable bonds is 8. The second-order valence-electron chi connectivity index (χ2n) is 7.42. The summed E-state index contributed by atoms with van der Waals surface area (Å²) in [6.45, 7) is 3.62. The van der Waals surface area contributed by atoms with E-state index >= 15 is 0 Å². The Labute approximate surface area is 180 Å². The van der Waals surface area contributed by atoms with E-state index in [4.69, 9.17) is 18.9 Å². The van der Waals surface area contributed by atoms with E-state index in [0.29, 0.717) is 31.0 Å². The number of pyridine rings is 1. The third kappa shape index (κ3) is 4.78. The first-order chi connectivity index (χ1) is 15.1. The van der Waals surface area contributed by atoms with E-state index in [1.165, 1.54) is 0 Å². The van der Waals surface area contributed by atoms with E-state index in [2.05, 4.69) is 4.90 Å². The number of benzene rings is 1. The topological polar surface area (TPSA) is 69.2 Å². The number of furan rings is 1. The maximum atomic E-state index is 12.6. The number of aromatic nitrogens is 2. The third-order valence-electron chi connectivity index (χ3n) is 5.11. The molecule has 0 atom stereocenters. The zero-order valence-electron chi connectivity index (χ0n) is 17.9. The van der Waals surface area contributed by atoms with Crippen LogP contribution in [-0.4, -0.2) is 28.5 Å². The van der Waals surface area contributed by atoms with Crippen LogP contribution in [0.5, 0.6) is 11.5 Å². The molecule has 0 unspecified atom stereocenters. The van der Waals surface area contributed by atoms with E-state index < -0.39 is 0 Å². The van der Waals surface area contributed by atoms with Gasteiger partial charge in [0.1, 0.15) is 22.9 Å². The minimum absolute atomic E-state index is 0.0972. The van der Waals surface area contributed by atoms with Crippen molar-refractivity contribution in [3.63, 3.8) is 0 Å². The standard InChI is InChI=1S/C24H25N3O4/c1-17-8-9-27-23(11-17)25-19(12-24(27)28)15-26(16-21-5-4-10-31-21)14-18-6-7-20(29-2)13-22(18)30-3/h4-13H,14-16H2,1-3H3. The Hall–Kier alpha value is -3.58. The molecule has 7 nitrogen and oxygen atoms in total. The van der Waals surface area contributed by atoms with Crippen LogP contribution in [0.25, 0.3) is 5.65 Å². The van der Waals surface area contributed by atoms with Crippen molar-refractivity contribution in [2.45, 2.75) is 26.6 Å². The molecule has 0 N–H and O–H groups in total. The minimum atomic E-state index is -0.0972. The fourth-order valence-corrected chi connectivity index (χ4v) is 3.58. The Balaban J connectivity index is 1.66. The predicted molar refractivity (Wildman–Crippen MR) is 117 cm³/mol. The summed E-state index contributed by atoms with van der Waals surface area (Å²) in [5.74, 6) is 2.31. The van der Waals surface area contributed by atoms with Gasteiger partial charge in [-0.1, -0.05) is 6.07 Å². The van der Waals surface area contributed by atoms with E-state index in [0.717, 1.165) is 28.4 Å². The van der Waals surface area contributed by atoms with Gasteiger partial charge in [0.25, 0.3) is 5.56 Å². The zero-order valence-corrected chi connectivity index (χ0v) is 17.9.